The Morgan fingerprint density at radius 1 is 0.632 bits per heavy atom. The van der Waals surface area contributed by atoms with Crippen LogP contribution in [0.2, 0.25) is 0 Å². The van der Waals surface area contributed by atoms with Gasteiger partial charge < -0.3 is 28.7 Å². The van der Waals surface area contributed by atoms with E-state index in [1.165, 1.54) is 29.5 Å². The molecule has 302 valence electrons. The third-order valence-electron chi connectivity index (χ3n) is 9.38. The number of benzene rings is 4. The molecule has 0 radical (unpaired) electrons. The van der Waals surface area contributed by atoms with Gasteiger partial charge in [0.05, 0.1) is 49.9 Å². The Morgan fingerprint density at radius 3 is 1.63 bits per heavy atom. The molecule has 10 nitrogen and oxygen atoms in total. The summed E-state index contributed by atoms with van der Waals surface area (Å²) in [6.07, 6.45) is 4.01. The quantitative estimate of drug-likeness (QED) is 0.0618. The largest absolute Gasteiger partial charge is 0.497 e. The second-order valence-corrected chi connectivity index (χ2v) is 15.3. The molecular formula is C44H49FN2O8S2. The summed E-state index contributed by atoms with van der Waals surface area (Å²) >= 11 is 3.01. The van der Waals surface area contributed by atoms with Crippen LogP contribution in [0.15, 0.2) is 88.7 Å². The van der Waals surface area contributed by atoms with E-state index in [2.05, 4.69) is 0 Å². The van der Waals surface area contributed by atoms with Gasteiger partial charge in [-0.1, -0.05) is 24.3 Å². The summed E-state index contributed by atoms with van der Waals surface area (Å²) in [5.74, 6) is 1.80. The highest BCUT2D eigenvalue weighted by Crippen LogP contribution is 2.34. The van der Waals surface area contributed by atoms with E-state index >= 15 is 0 Å². The lowest BCUT2D eigenvalue weighted by Gasteiger charge is -2.18. The van der Waals surface area contributed by atoms with Crippen molar-refractivity contribution in [3.05, 3.63) is 107 Å². The molecular weight excluding hydrogens is 768 g/mol. The maximum Gasteiger partial charge on any atom is 0.339 e. The average molecular weight is 817 g/mol. The molecule has 0 saturated heterocycles. The predicted molar refractivity (Wildman–Crippen MR) is 223 cm³/mol. The molecule has 2 aliphatic heterocycles. The topological polar surface area (TPSA) is 112 Å². The van der Waals surface area contributed by atoms with Gasteiger partial charge in [0.25, 0.3) is 0 Å². The second kappa shape index (κ2) is 21.5. The fraction of sp³-hybridized carbons (Fsp3) is 0.364. The van der Waals surface area contributed by atoms with Crippen LogP contribution in [0.3, 0.4) is 0 Å². The normalized spacial score (nSPS) is 12.6. The zero-order valence-corrected chi connectivity index (χ0v) is 34.5. The first-order valence-electron chi connectivity index (χ1n) is 19.1. The van der Waals surface area contributed by atoms with Crippen molar-refractivity contribution in [2.45, 2.75) is 62.2 Å². The number of carbonyl (C=O) groups is 4. The van der Waals surface area contributed by atoms with Crippen molar-refractivity contribution in [2.75, 3.05) is 61.8 Å². The Labute approximate surface area is 342 Å². The minimum absolute atomic E-state index is 0.0716. The maximum absolute atomic E-state index is 13.5. The van der Waals surface area contributed by atoms with Gasteiger partial charge in [-0.05, 0) is 105 Å². The highest BCUT2D eigenvalue weighted by atomic mass is 32.2. The lowest BCUT2D eigenvalue weighted by molar-refractivity contribution is -0.119. The molecule has 2 aliphatic rings. The van der Waals surface area contributed by atoms with E-state index in [1.807, 2.05) is 64.4 Å². The van der Waals surface area contributed by atoms with Crippen LogP contribution in [0, 0.1) is 5.82 Å². The van der Waals surface area contributed by atoms with Crippen molar-refractivity contribution in [1.82, 2.24) is 0 Å². The van der Waals surface area contributed by atoms with Crippen LogP contribution in [-0.2, 0) is 31.9 Å². The number of ether oxygens (including phenoxy) is 4. The first-order valence-corrected chi connectivity index (χ1v) is 21.1. The third-order valence-corrected chi connectivity index (χ3v) is 11.7. The van der Waals surface area contributed by atoms with Gasteiger partial charge in [0, 0.05) is 47.9 Å². The predicted octanol–water partition coefficient (Wildman–Crippen LogP) is 8.81. The Morgan fingerprint density at radius 2 is 1.12 bits per heavy atom. The standard InChI is InChI=1S/C22H24FNO4S.C22H25NO4S/c1-3-28-22(26)18-13-16(23)7-9-20(18)29-12-4-5-21(25)24-11-10-15-6-8-17(27-2)14-19(15)24;1-3-27-22(25)18-7-4-5-8-20(18)28-14-6-9-21(24)23-13-12-16-10-11-17(26-2)15-19(16)23/h6-9,13-14H,3-5,10-12H2,1-2H3;4-5,7-8,10-11,15H,3,6,9,12-14H2,1-2H3. The summed E-state index contributed by atoms with van der Waals surface area (Å²) in [5.41, 5.74) is 5.03. The van der Waals surface area contributed by atoms with Crippen LogP contribution in [0.5, 0.6) is 11.5 Å². The number of fused-ring (bicyclic) bond motifs is 2. The number of rotatable bonds is 16. The third kappa shape index (κ3) is 11.5. The Hall–Kier alpha value is -5.01. The minimum atomic E-state index is -0.534. The van der Waals surface area contributed by atoms with Crippen LogP contribution in [0.1, 0.15) is 71.4 Å². The Kier molecular flexibility index (Phi) is 16.3. The fourth-order valence-corrected chi connectivity index (χ4v) is 8.50. The van der Waals surface area contributed by atoms with E-state index in [-0.39, 0.29) is 30.0 Å². The van der Waals surface area contributed by atoms with E-state index in [9.17, 15) is 23.6 Å². The number of halogens is 1. The van der Waals surface area contributed by atoms with Gasteiger partial charge in [-0.2, -0.15) is 0 Å². The minimum Gasteiger partial charge on any atom is -0.497 e. The molecule has 57 heavy (non-hydrogen) atoms. The van der Waals surface area contributed by atoms with Crippen LogP contribution in [-0.4, -0.2) is 75.8 Å². The van der Waals surface area contributed by atoms with Gasteiger partial charge in [0.1, 0.15) is 17.3 Å². The molecule has 2 amide bonds. The molecule has 0 N–H and O–H groups in total. The lowest BCUT2D eigenvalue weighted by Crippen LogP contribution is -2.28. The number of hydrogen-bond acceptors (Lipinski definition) is 10. The highest BCUT2D eigenvalue weighted by molar-refractivity contribution is 7.99. The number of anilines is 2. The molecule has 0 spiro atoms. The van der Waals surface area contributed by atoms with Crippen molar-refractivity contribution in [2.24, 2.45) is 0 Å². The summed E-state index contributed by atoms with van der Waals surface area (Å²) in [6.45, 7) is 5.50. The second-order valence-electron chi connectivity index (χ2n) is 13.1. The summed E-state index contributed by atoms with van der Waals surface area (Å²) < 4.78 is 34.2. The number of carbonyl (C=O) groups excluding carboxylic acids is 4. The molecule has 2 heterocycles. The Bertz CT molecular complexity index is 2040. The van der Waals surface area contributed by atoms with E-state index in [1.54, 1.807) is 52.0 Å². The molecule has 0 bridgehead atoms. The molecule has 13 heteroatoms. The molecule has 0 aromatic heterocycles. The number of thioether (sulfide) groups is 2. The smallest absolute Gasteiger partial charge is 0.339 e. The molecule has 0 saturated carbocycles. The van der Waals surface area contributed by atoms with Crippen molar-refractivity contribution < 1.29 is 42.5 Å². The van der Waals surface area contributed by atoms with E-state index in [4.69, 9.17) is 18.9 Å². The lowest BCUT2D eigenvalue weighted by atomic mass is 10.1. The first-order chi connectivity index (χ1) is 27.7. The summed E-state index contributed by atoms with van der Waals surface area (Å²) in [6, 6.07) is 23.3. The van der Waals surface area contributed by atoms with Crippen LogP contribution >= 0.6 is 23.5 Å². The highest BCUT2D eigenvalue weighted by Gasteiger charge is 2.26. The number of methoxy groups -OCH3 is 2. The van der Waals surface area contributed by atoms with Gasteiger partial charge in [0.15, 0.2) is 0 Å². The van der Waals surface area contributed by atoms with Crippen LogP contribution in [0.25, 0.3) is 0 Å². The zero-order chi connectivity index (χ0) is 40.7. The molecule has 4 aromatic carbocycles. The molecule has 4 aromatic rings. The van der Waals surface area contributed by atoms with Gasteiger partial charge in [0.2, 0.25) is 11.8 Å². The average Bonchev–Trinajstić information content (AvgIpc) is 3.86. The maximum atomic E-state index is 13.5. The summed E-state index contributed by atoms with van der Waals surface area (Å²) in [4.78, 5) is 54.6. The SMILES string of the molecule is CCOC(=O)c1cc(F)ccc1SCCCC(=O)N1CCc2ccc(OC)cc21.CCOC(=O)c1ccccc1SCCCC(=O)N1CCc2ccc(OC)cc21. The van der Waals surface area contributed by atoms with E-state index < -0.39 is 11.8 Å². The van der Waals surface area contributed by atoms with Crippen molar-refractivity contribution in [3.8, 4) is 11.5 Å². The summed E-state index contributed by atoms with van der Waals surface area (Å²) in [5, 5.41) is 0. The number of hydrogen-bond donors (Lipinski definition) is 0. The molecule has 0 unspecified atom stereocenters. The Balaban J connectivity index is 0.000000218. The van der Waals surface area contributed by atoms with E-state index in [0.717, 1.165) is 64.9 Å². The van der Waals surface area contributed by atoms with Gasteiger partial charge >= 0.3 is 11.9 Å². The molecule has 0 atom stereocenters. The molecule has 6 rings (SSSR count). The van der Waals surface area contributed by atoms with Gasteiger partial charge in [-0.15, -0.1) is 23.5 Å². The number of esters is 2. The number of nitrogens with zero attached hydrogens (tertiary/aromatic N) is 2. The van der Waals surface area contributed by atoms with Gasteiger partial charge in [-0.25, -0.2) is 14.0 Å². The zero-order valence-electron chi connectivity index (χ0n) is 32.8. The van der Waals surface area contributed by atoms with Crippen LogP contribution < -0.4 is 19.3 Å². The first kappa shape index (κ1) is 43.1. The monoisotopic (exact) mass is 816 g/mol. The fourth-order valence-electron chi connectivity index (χ4n) is 6.54. The number of amides is 2. The summed E-state index contributed by atoms with van der Waals surface area (Å²) in [7, 11) is 3.24. The van der Waals surface area contributed by atoms with Crippen molar-refractivity contribution in [1.29, 1.82) is 0 Å². The van der Waals surface area contributed by atoms with Crippen molar-refractivity contribution in [3.63, 3.8) is 0 Å². The molecule has 0 aliphatic carbocycles. The van der Waals surface area contributed by atoms with Crippen molar-refractivity contribution >= 4 is 58.7 Å². The van der Waals surface area contributed by atoms with Crippen LogP contribution in [0.4, 0.5) is 15.8 Å². The molecule has 0 fully saturated rings. The van der Waals surface area contributed by atoms with Gasteiger partial charge in [-0.3, -0.25) is 9.59 Å². The van der Waals surface area contributed by atoms with E-state index in [0.29, 0.717) is 48.6 Å².